The Morgan fingerprint density at radius 1 is 1.50 bits per heavy atom. The third kappa shape index (κ3) is 3.88. The summed E-state index contributed by atoms with van der Waals surface area (Å²) in [7, 11) is 0. The van der Waals surface area contributed by atoms with Gasteiger partial charge in [0.05, 0.1) is 6.61 Å². The summed E-state index contributed by atoms with van der Waals surface area (Å²) in [5.41, 5.74) is 7.34. The van der Waals surface area contributed by atoms with Crippen LogP contribution in [0.3, 0.4) is 0 Å². The zero-order chi connectivity index (χ0) is 12.0. The summed E-state index contributed by atoms with van der Waals surface area (Å²) in [5.74, 6) is -1.05. The van der Waals surface area contributed by atoms with E-state index >= 15 is 0 Å². The Bertz CT molecular complexity index is 355. The molecule has 0 aliphatic carbocycles. The molecule has 0 heterocycles. The van der Waals surface area contributed by atoms with Crippen molar-refractivity contribution in [2.24, 2.45) is 0 Å². The molecule has 1 aromatic carbocycles. The first-order chi connectivity index (χ1) is 7.63. The molecule has 16 heavy (non-hydrogen) atoms. The van der Waals surface area contributed by atoms with Gasteiger partial charge in [-0.05, 0) is 24.1 Å². The molecule has 5 nitrogen and oxygen atoms in total. The molecule has 88 valence electrons. The van der Waals surface area contributed by atoms with E-state index in [1.54, 1.807) is 6.07 Å². The van der Waals surface area contributed by atoms with Gasteiger partial charge in [0.25, 0.3) is 0 Å². The number of nitrogens with two attached hydrogens (primary N) is 1. The number of aliphatic hydroxyl groups is 1. The van der Waals surface area contributed by atoms with Crippen molar-refractivity contribution in [1.29, 1.82) is 0 Å². The smallest absolute Gasteiger partial charge is 0.323 e. The van der Waals surface area contributed by atoms with Crippen LogP contribution in [0.2, 0.25) is 0 Å². The van der Waals surface area contributed by atoms with E-state index in [0.717, 1.165) is 5.56 Å². The van der Waals surface area contributed by atoms with E-state index in [9.17, 15) is 4.79 Å². The van der Waals surface area contributed by atoms with Crippen LogP contribution in [0.5, 0.6) is 0 Å². The number of nitrogens with one attached hydrogen (secondary N) is 1. The van der Waals surface area contributed by atoms with Crippen LogP contribution in [0, 0.1) is 0 Å². The normalized spacial score (nSPS) is 12.3. The fourth-order valence-electron chi connectivity index (χ4n) is 1.37. The number of hydrogen-bond donors (Lipinski definition) is 4. The number of benzene rings is 1. The summed E-state index contributed by atoms with van der Waals surface area (Å²) in [6.45, 7) is 0.0766. The fourth-order valence-corrected chi connectivity index (χ4v) is 1.37. The Morgan fingerprint density at radius 3 is 2.81 bits per heavy atom. The average molecular weight is 224 g/mol. The van der Waals surface area contributed by atoms with Crippen LogP contribution in [0.25, 0.3) is 0 Å². The van der Waals surface area contributed by atoms with Crippen molar-refractivity contribution < 1.29 is 15.0 Å². The molecule has 0 bridgehead atoms. The number of aliphatic carboxylic acids is 1. The van der Waals surface area contributed by atoms with Crippen molar-refractivity contribution in [1.82, 2.24) is 5.32 Å². The molecule has 5 N–H and O–H groups in total. The van der Waals surface area contributed by atoms with Crippen molar-refractivity contribution in [2.45, 2.75) is 12.5 Å². The van der Waals surface area contributed by atoms with Gasteiger partial charge in [-0.25, -0.2) is 0 Å². The Labute approximate surface area is 93.9 Å². The highest BCUT2D eigenvalue weighted by Gasteiger charge is 2.14. The summed E-state index contributed by atoms with van der Waals surface area (Å²) < 4.78 is 0. The summed E-state index contributed by atoms with van der Waals surface area (Å²) >= 11 is 0. The molecule has 0 radical (unpaired) electrons. The van der Waals surface area contributed by atoms with E-state index in [4.69, 9.17) is 15.9 Å². The Balaban J connectivity index is 2.38. The van der Waals surface area contributed by atoms with Crippen molar-refractivity contribution in [3.8, 4) is 0 Å². The third-order valence-corrected chi connectivity index (χ3v) is 2.24. The predicted octanol–water partition coefficient (Wildman–Crippen LogP) is -0.154. The lowest BCUT2D eigenvalue weighted by Crippen LogP contribution is -2.40. The molecule has 1 rings (SSSR count). The zero-order valence-corrected chi connectivity index (χ0v) is 8.89. The minimum atomic E-state index is -1.05. The van der Waals surface area contributed by atoms with Gasteiger partial charge in [0.2, 0.25) is 0 Å². The second kappa shape index (κ2) is 6.09. The molecule has 0 aliphatic rings. The van der Waals surface area contributed by atoms with Crippen LogP contribution in [0.1, 0.15) is 5.56 Å². The van der Waals surface area contributed by atoms with E-state index in [1.165, 1.54) is 0 Å². The molecular weight excluding hydrogens is 208 g/mol. The molecule has 5 heteroatoms. The van der Waals surface area contributed by atoms with Gasteiger partial charge in [-0.15, -0.1) is 0 Å². The van der Waals surface area contributed by atoms with E-state index in [-0.39, 0.29) is 0 Å². The molecule has 0 spiro atoms. The number of carbonyl (C=O) groups is 1. The predicted molar refractivity (Wildman–Crippen MR) is 61.1 cm³/mol. The van der Waals surface area contributed by atoms with Crippen molar-refractivity contribution in [2.75, 3.05) is 18.9 Å². The largest absolute Gasteiger partial charge is 0.480 e. The SMILES string of the molecule is Nc1cccc(CCNC(CO)C(=O)O)c1. The maximum Gasteiger partial charge on any atom is 0.323 e. The number of carboxylic acid groups (broad SMARTS) is 1. The van der Waals surface area contributed by atoms with Gasteiger partial charge < -0.3 is 21.3 Å². The van der Waals surface area contributed by atoms with E-state index in [2.05, 4.69) is 5.32 Å². The Kier molecular flexibility index (Phi) is 4.75. The summed E-state index contributed by atoms with van der Waals surface area (Å²) in [6, 6.07) is 6.51. The minimum absolute atomic E-state index is 0.410. The standard InChI is InChI=1S/C11H16N2O3/c12-9-3-1-2-8(6-9)4-5-13-10(7-14)11(15)16/h1-3,6,10,13-14H,4-5,7,12H2,(H,15,16). The van der Waals surface area contributed by atoms with Gasteiger partial charge in [-0.3, -0.25) is 4.79 Å². The van der Waals surface area contributed by atoms with Gasteiger partial charge in [0.1, 0.15) is 6.04 Å². The van der Waals surface area contributed by atoms with Gasteiger partial charge in [0.15, 0.2) is 0 Å². The topological polar surface area (TPSA) is 95.6 Å². The van der Waals surface area contributed by atoms with Crippen LogP contribution in [0.15, 0.2) is 24.3 Å². The first kappa shape index (κ1) is 12.5. The van der Waals surface area contributed by atoms with Gasteiger partial charge in [-0.1, -0.05) is 12.1 Å². The Morgan fingerprint density at radius 2 is 2.25 bits per heavy atom. The molecular formula is C11H16N2O3. The summed E-state index contributed by atoms with van der Waals surface area (Å²) in [4.78, 5) is 10.6. The lowest BCUT2D eigenvalue weighted by atomic mass is 10.1. The van der Waals surface area contributed by atoms with Crippen LogP contribution >= 0.6 is 0 Å². The number of aliphatic hydroxyl groups excluding tert-OH is 1. The first-order valence-electron chi connectivity index (χ1n) is 5.05. The van der Waals surface area contributed by atoms with Crippen molar-refractivity contribution in [3.05, 3.63) is 29.8 Å². The quantitative estimate of drug-likeness (QED) is 0.504. The highest BCUT2D eigenvalue weighted by molar-refractivity contribution is 5.73. The third-order valence-electron chi connectivity index (χ3n) is 2.24. The lowest BCUT2D eigenvalue weighted by Gasteiger charge is -2.11. The zero-order valence-electron chi connectivity index (χ0n) is 8.89. The molecule has 0 fully saturated rings. The van der Waals surface area contributed by atoms with E-state index < -0.39 is 18.6 Å². The van der Waals surface area contributed by atoms with Crippen molar-refractivity contribution >= 4 is 11.7 Å². The molecule has 0 saturated heterocycles. The molecule has 1 aromatic rings. The van der Waals surface area contributed by atoms with Crippen LogP contribution < -0.4 is 11.1 Å². The van der Waals surface area contributed by atoms with Crippen LogP contribution in [0.4, 0.5) is 5.69 Å². The molecule has 0 amide bonds. The average Bonchev–Trinajstić information content (AvgIpc) is 2.24. The minimum Gasteiger partial charge on any atom is -0.480 e. The van der Waals surface area contributed by atoms with Gasteiger partial charge in [-0.2, -0.15) is 0 Å². The number of hydrogen-bond acceptors (Lipinski definition) is 4. The van der Waals surface area contributed by atoms with Crippen LogP contribution in [-0.4, -0.2) is 35.4 Å². The molecule has 1 unspecified atom stereocenters. The Hall–Kier alpha value is -1.59. The fraction of sp³-hybridized carbons (Fsp3) is 0.364. The van der Waals surface area contributed by atoms with E-state index in [1.807, 2.05) is 18.2 Å². The van der Waals surface area contributed by atoms with E-state index in [0.29, 0.717) is 18.7 Å². The van der Waals surface area contributed by atoms with Crippen molar-refractivity contribution in [3.63, 3.8) is 0 Å². The maximum absolute atomic E-state index is 10.6. The number of carboxylic acids is 1. The summed E-state index contributed by atoms with van der Waals surface area (Å²) in [5, 5.41) is 20.2. The number of anilines is 1. The molecule has 0 aromatic heterocycles. The number of rotatable bonds is 6. The first-order valence-corrected chi connectivity index (χ1v) is 5.05. The highest BCUT2D eigenvalue weighted by Crippen LogP contribution is 2.06. The number of nitrogen functional groups attached to an aromatic ring is 1. The second-order valence-corrected chi connectivity index (χ2v) is 3.52. The summed E-state index contributed by atoms with van der Waals surface area (Å²) in [6.07, 6.45) is 0.675. The second-order valence-electron chi connectivity index (χ2n) is 3.52. The molecule has 0 saturated carbocycles. The van der Waals surface area contributed by atoms with Crippen LogP contribution in [-0.2, 0) is 11.2 Å². The molecule has 0 aliphatic heterocycles. The highest BCUT2D eigenvalue weighted by atomic mass is 16.4. The molecule has 1 atom stereocenters. The lowest BCUT2D eigenvalue weighted by molar-refractivity contribution is -0.140. The van der Waals surface area contributed by atoms with Gasteiger partial charge in [0, 0.05) is 12.2 Å². The van der Waals surface area contributed by atoms with Gasteiger partial charge >= 0.3 is 5.97 Å². The maximum atomic E-state index is 10.6. The monoisotopic (exact) mass is 224 g/mol.